The Morgan fingerprint density at radius 1 is 0.917 bits per heavy atom. The number of aliphatic carboxylic acids is 1. The Morgan fingerprint density at radius 3 is 2.12 bits per heavy atom. The molecule has 0 bridgehead atoms. The summed E-state index contributed by atoms with van der Waals surface area (Å²) in [6, 6.07) is 10.1. The molecule has 2 aromatic rings. The van der Waals surface area contributed by atoms with Gasteiger partial charge >= 0.3 is 5.97 Å². The molecule has 0 amide bonds. The van der Waals surface area contributed by atoms with Crippen LogP contribution >= 0.6 is 34.8 Å². The van der Waals surface area contributed by atoms with Crippen molar-refractivity contribution in [1.82, 2.24) is 0 Å². The molecule has 1 N–H and O–H groups in total. The Labute approximate surface area is 154 Å². The smallest absolute Gasteiger partial charge is 0.303 e. The highest BCUT2D eigenvalue weighted by Crippen LogP contribution is 2.28. The summed E-state index contributed by atoms with van der Waals surface area (Å²) in [5.41, 5.74) is 0.745. The van der Waals surface area contributed by atoms with Gasteiger partial charge in [-0.1, -0.05) is 34.8 Å². The van der Waals surface area contributed by atoms with Crippen LogP contribution < -0.4 is 9.47 Å². The van der Waals surface area contributed by atoms with Gasteiger partial charge in [-0.25, -0.2) is 0 Å². The Hall–Kier alpha value is -1.62. The predicted octanol–water partition coefficient (Wildman–Crippen LogP) is 5.12. The van der Waals surface area contributed by atoms with E-state index in [9.17, 15) is 4.79 Å². The summed E-state index contributed by atoms with van der Waals surface area (Å²) in [5.74, 6) is 0.236. The van der Waals surface area contributed by atoms with Gasteiger partial charge in [0.2, 0.25) is 0 Å². The van der Waals surface area contributed by atoms with Crippen LogP contribution in [0.15, 0.2) is 36.4 Å². The number of rotatable bonds is 8. The molecule has 0 heterocycles. The molecule has 24 heavy (non-hydrogen) atoms. The summed E-state index contributed by atoms with van der Waals surface area (Å²) in [6.07, 6.45) is 0.350. The molecule has 0 aliphatic carbocycles. The maximum atomic E-state index is 10.7. The van der Waals surface area contributed by atoms with Gasteiger partial charge in [-0.05, 0) is 48.4 Å². The molecule has 2 rings (SSSR count). The van der Waals surface area contributed by atoms with E-state index in [1.165, 1.54) is 0 Å². The van der Waals surface area contributed by atoms with E-state index in [4.69, 9.17) is 49.4 Å². The number of ether oxygens (including phenoxy) is 2. The lowest BCUT2D eigenvalue weighted by Crippen LogP contribution is -2.10. The largest absolute Gasteiger partial charge is 0.490 e. The van der Waals surface area contributed by atoms with E-state index in [-0.39, 0.29) is 19.6 Å². The van der Waals surface area contributed by atoms with Gasteiger partial charge in [0.05, 0.1) is 5.02 Å². The molecule has 2 aromatic carbocycles. The summed E-state index contributed by atoms with van der Waals surface area (Å²) in [7, 11) is 0. The topological polar surface area (TPSA) is 55.8 Å². The van der Waals surface area contributed by atoms with Crippen LogP contribution in [0.1, 0.15) is 12.0 Å². The number of benzene rings is 2. The molecule has 7 heteroatoms. The second-order valence-corrected chi connectivity index (χ2v) is 6.20. The third-order valence-electron chi connectivity index (χ3n) is 3.12. The van der Waals surface area contributed by atoms with Gasteiger partial charge in [0.25, 0.3) is 0 Å². The molecule has 0 fully saturated rings. The van der Waals surface area contributed by atoms with Gasteiger partial charge in [-0.2, -0.15) is 0 Å². The lowest BCUT2D eigenvalue weighted by atomic mass is 10.1. The van der Waals surface area contributed by atoms with Crippen molar-refractivity contribution >= 4 is 40.8 Å². The quantitative estimate of drug-likeness (QED) is 0.637. The number of aryl methyl sites for hydroxylation is 1. The van der Waals surface area contributed by atoms with Crippen LogP contribution in [0.2, 0.25) is 15.1 Å². The lowest BCUT2D eigenvalue weighted by molar-refractivity contribution is -0.136. The van der Waals surface area contributed by atoms with Crippen molar-refractivity contribution in [3.63, 3.8) is 0 Å². The fourth-order valence-electron chi connectivity index (χ4n) is 2.02. The molecule has 4 nitrogen and oxygen atoms in total. The minimum Gasteiger partial charge on any atom is -0.490 e. The van der Waals surface area contributed by atoms with E-state index >= 15 is 0 Å². The molecule has 0 saturated heterocycles. The molecule has 0 spiro atoms. The molecule has 0 radical (unpaired) electrons. The van der Waals surface area contributed by atoms with Gasteiger partial charge < -0.3 is 14.6 Å². The van der Waals surface area contributed by atoms with Crippen molar-refractivity contribution in [3.8, 4) is 11.5 Å². The number of carboxylic acids is 1. The first-order valence-electron chi connectivity index (χ1n) is 7.16. The number of carbonyl (C=O) groups is 1. The van der Waals surface area contributed by atoms with Crippen molar-refractivity contribution in [1.29, 1.82) is 0 Å². The minimum absolute atomic E-state index is 0.00752. The molecule has 0 atom stereocenters. The van der Waals surface area contributed by atoms with Crippen LogP contribution in [0.3, 0.4) is 0 Å². The Morgan fingerprint density at radius 2 is 1.50 bits per heavy atom. The van der Waals surface area contributed by atoms with E-state index in [1.54, 1.807) is 36.4 Å². The average Bonchev–Trinajstić information content (AvgIpc) is 2.52. The van der Waals surface area contributed by atoms with Gasteiger partial charge in [0.1, 0.15) is 24.7 Å². The zero-order valence-corrected chi connectivity index (χ0v) is 14.9. The molecular formula is C17H15Cl3O4. The zero-order valence-electron chi connectivity index (χ0n) is 12.6. The third kappa shape index (κ3) is 5.78. The van der Waals surface area contributed by atoms with Crippen molar-refractivity contribution in [2.24, 2.45) is 0 Å². The second-order valence-electron chi connectivity index (χ2n) is 4.92. The summed E-state index contributed by atoms with van der Waals surface area (Å²) < 4.78 is 11.2. The van der Waals surface area contributed by atoms with E-state index in [0.29, 0.717) is 33.0 Å². The van der Waals surface area contributed by atoms with Crippen LogP contribution in [-0.4, -0.2) is 24.3 Å². The van der Waals surface area contributed by atoms with Crippen LogP contribution in [0.25, 0.3) is 0 Å². The highest BCUT2D eigenvalue weighted by molar-refractivity contribution is 6.35. The van der Waals surface area contributed by atoms with Gasteiger partial charge in [0, 0.05) is 16.5 Å². The first-order chi connectivity index (χ1) is 11.5. The fourth-order valence-corrected chi connectivity index (χ4v) is 2.68. The van der Waals surface area contributed by atoms with E-state index in [1.807, 2.05) is 0 Å². The molecule has 0 aliphatic heterocycles. The Kier molecular flexibility index (Phi) is 7.03. The molecule has 0 aromatic heterocycles. The van der Waals surface area contributed by atoms with Gasteiger partial charge in [0.15, 0.2) is 0 Å². The number of hydrogen-bond acceptors (Lipinski definition) is 3. The Bertz CT molecular complexity index is 719. The summed E-state index contributed by atoms with van der Waals surface area (Å²) >= 11 is 17.8. The van der Waals surface area contributed by atoms with Crippen molar-refractivity contribution in [3.05, 3.63) is 57.0 Å². The highest BCUT2D eigenvalue weighted by Gasteiger charge is 2.08. The first-order valence-corrected chi connectivity index (χ1v) is 8.30. The monoisotopic (exact) mass is 388 g/mol. The molecular weight excluding hydrogens is 375 g/mol. The van der Waals surface area contributed by atoms with Crippen LogP contribution in [0.4, 0.5) is 0 Å². The number of halogens is 3. The van der Waals surface area contributed by atoms with Crippen LogP contribution in [-0.2, 0) is 11.2 Å². The van der Waals surface area contributed by atoms with Crippen LogP contribution in [0, 0.1) is 0 Å². The lowest BCUT2D eigenvalue weighted by Gasteiger charge is -2.13. The summed E-state index contributed by atoms with van der Waals surface area (Å²) in [5, 5.41) is 10.3. The minimum atomic E-state index is -0.873. The van der Waals surface area contributed by atoms with E-state index in [2.05, 4.69) is 0 Å². The predicted molar refractivity (Wildman–Crippen MR) is 94.9 cm³/mol. The van der Waals surface area contributed by atoms with Crippen molar-refractivity contribution in [2.45, 2.75) is 12.8 Å². The highest BCUT2D eigenvalue weighted by atomic mass is 35.5. The third-order valence-corrected chi connectivity index (χ3v) is 3.89. The summed E-state index contributed by atoms with van der Waals surface area (Å²) in [6.45, 7) is 0.559. The number of hydrogen-bond donors (Lipinski definition) is 1. The zero-order chi connectivity index (χ0) is 17.5. The van der Waals surface area contributed by atoms with Crippen LogP contribution in [0.5, 0.6) is 11.5 Å². The first kappa shape index (κ1) is 18.7. The molecule has 128 valence electrons. The summed E-state index contributed by atoms with van der Waals surface area (Å²) in [4.78, 5) is 10.7. The fraction of sp³-hybridized carbons (Fsp3) is 0.235. The molecule has 0 saturated carbocycles. The van der Waals surface area contributed by atoms with Gasteiger partial charge in [-0.3, -0.25) is 4.79 Å². The second kappa shape index (κ2) is 9.02. The molecule has 0 unspecified atom stereocenters. The average molecular weight is 390 g/mol. The maximum Gasteiger partial charge on any atom is 0.303 e. The molecule has 0 aliphatic rings. The van der Waals surface area contributed by atoms with Crippen molar-refractivity contribution < 1.29 is 19.4 Å². The SMILES string of the molecule is O=C(O)CCc1cc(Cl)ccc1OCCOc1ccc(Cl)cc1Cl. The van der Waals surface area contributed by atoms with E-state index < -0.39 is 5.97 Å². The Balaban J connectivity index is 1.90. The number of carboxylic acid groups (broad SMARTS) is 1. The normalized spacial score (nSPS) is 10.5. The maximum absolute atomic E-state index is 10.7. The standard InChI is InChI=1S/C17H15Cl3O4/c18-12-2-4-15(11(9-12)1-6-17(21)22)23-7-8-24-16-5-3-13(19)10-14(16)20/h2-5,9-10H,1,6-8H2,(H,21,22). The van der Waals surface area contributed by atoms with E-state index in [0.717, 1.165) is 5.56 Å². The van der Waals surface area contributed by atoms with Gasteiger partial charge in [-0.15, -0.1) is 0 Å². The van der Waals surface area contributed by atoms with Crippen molar-refractivity contribution in [2.75, 3.05) is 13.2 Å².